The van der Waals surface area contributed by atoms with Gasteiger partial charge in [0.2, 0.25) is 0 Å². The first kappa shape index (κ1) is 9.31. The van der Waals surface area contributed by atoms with Crippen LogP contribution in [0.2, 0.25) is 0 Å². The molecule has 0 aliphatic rings. The Bertz CT molecular complexity index is 240. The monoisotopic (exact) mass is 285 g/mol. The van der Waals surface area contributed by atoms with Gasteiger partial charge in [0.25, 0.3) is 0 Å². The van der Waals surface area contributed by atoms with E-state index in [9.17, 15) is 4.55 Å². The van der Waals surface area contributed by atoms with Crippen molar-refractivity contribution in [1.82, 2.24) is 0 Å². The summed E-state index contributed by atoms with van der Waals surface area (Å²) in [5.41, 5.74) is 1.15. The molecular weight excluding hydrogens is 275 g/mol. The Balaban J connectivity index is 2.99. The van der Waals surface area contributed by atoms with Crippen LogP contribution in [-0.2, 0) is 0 Å². The summed E-state index contributed by atoms with van der Waals surface area (Å²) in [5, 5.41) is 0. The van der Waals surface area contributed by atoms with Gasteiger partial charge in [0.15, 0.2) is 0 Å². The summed E-state index contributed by atoms with van der Waals surface area (Å²) < 4.78 is 16.7. The van der Waals surface area contributed by atoms with Gasteiger partial charge in [-0.3, -0.25) is 4.55 Å². The zero-order chi connectivity index (χ0) is 8.48. The maximum absolute atomic E-state index is 9.32. The van der Waals surface area contributed by atoms with E-state index < -0.39 is 7.76 Å². The third-order valence-corrected chi connectivity index (χ3v) is 3.76. The summed E-state index contributed by atoms with van der Waals surface area (Å²) in [5.74, 6) is 0. The van der Waals surface area contributed by atoms with Gasteiger partial charge in [-0.25, -0.2) is 0 Å². The van der Waals surface area contributed by atoms with Crippen LogP contribution >= 0.6 is 29.0 Å². The predicted molar refractivity (Wildman–Crippen MR) is 57.3 cm³/mol. The van der Waals surface area contributed by atoms with Crippen LogP contribution in [-0.4, -0.2) is 9.11 Å². The second kappa shape index (κ2) is 3.30. The van der Waals surface area contributed by atoms with Crippen LogP contribution in [0.3, 0.4) is 0 Å². The molecule has 62 valence electrons. The van der Waals surface area contributed by atoms with Crippen molar-refractivity contribution in [2.45, 2.75) is 11.8 Å². The summed E-state index contributed by atoms with van der Waals surface area (Å²) >= 11 is 1.76. The van der Waals surface area contributed by atoms with E-state index >= 15 is 0 Å². The van der Waals surface area contributed by atoms with Crippen LogP contribution in [0, 0.1) is 6.92 Å². The molecule has 1 aromatic carbocycles. The molecule has 1 atom stereocenters. The van der Waals surface area contributed by atoms with Gasteiger partial charge in [-0.15, -0.1) is 0 Å². The van der Waals surface area contributed by atoms with E-state index in [1.54, 1.807) is 33.3 Å². The Hall–Kier alpha value is 0.220. The molecule has 1 aromatic rings. The molecule has 0 aromatic heterocycles. The summed E-state index contributed by atoms with van der Waals surface area (Å²) in [4.78, 5) is 0.698. The van der Waals surface area contributed by atoms with Gasteiger partial charge in [-0.1, -0.05) is 17.7 Å². The van der Waals surface area contributed by atoms with Crippen LogP contribution in [0.15, 0.2) is 29.2 Å². The van der Waals surface area contributed by atoms with Gasteiger partial charge in [-0.2, -0.15) is 0 Å². The van der Waals surface area contributed by atoms with Crippen molar-refractivity contribution < 1.29 is 9.11 Å². The molecule has 11 heavy (non-hydrogen) atoms. The molecule has 0 fully saturated rings. The Labute approximate surface area is 79.6 Å². The minimum Gasteiger partial charge on any atom is -0.316 e. The van der Waals surface area contributed by atoms with E-state index in [4.69, 9.17) is 4.55 Å². The van der Waals surface area contributed by atoms with Crippen LogP contribution in [0.5, 0.6) is 0 Å². The molecule has 0 aliphatic heterocycles. The quantitative estimate of drug-likeness (QED) is 0.625. The zero-order valence-corrected chi connectivity index (χ0v) is 9.02. The highest BCUT2D eigenvalue weighted by Gasteiger charge is 2.13. The highest BCUT2D eigenvalue weighted by molar-refractivity contribution is 14.2. The van der Waals surface area contributed by atoms with Gasteiger partial charge in [0, 0.05) is 0 Å². The van der Waals surface area contributed by atoms with Gasteiger partial charge >= 0.3 is 0 Å². The molecule has 0 radical (unpaired) electrons. The standard InChI is InChI=1S/C7H9IO2S/c1-6-2-4-7(5-3-6)11(8,9)10/h2-5,9-10H,1H3/p+1. The number of rotatable bonds is 1. The minimum absolute atomic E-state index is 0.698. The summed E-state index contributed by atoms with van der Waals surface area (Å²) in [6.07, 6.45) is 0. The summed E-state index contributed by atoms with van der Waals surface area (Å²) in [7, 11) is -2.30. The average Bonchev–Trinajstić information content (AvgIpc) is 1.86. The lowest BCUT2D eigenvalue weighted by Gasteiger charge is -2.18. The molecule has 4 heteroatoms. The third-order valence-electron chi connectivity index (χ3n) is 1.33. The molecule has 3 N–H and O–H groups in total. The second-order valence-corrected chi connectivity index (χ2v) is 7.63. The van der Waals surface area contributed by atoms with Crippen LogP contribution in [0.25, 0.3) is 0 Å². The number of benzene rings is 1. The lowest BCUT2D eigenvalue weighted by atomic mass is 10.2. The molecule has 0 aliphatic carbocycles. The molecule has 0 amide bonds. The van der Waals surface area contributed by atoms with Crippen LogP contribution in [0.1, 0.15) is 5.56 Å². The molecule has 1 rings (SSSR count). The largest absolute Gasteiger partial charge is 0.316 e. The molecular formula is C7H10IO2S+. The first-order chi connectivity index (χ1) is 5.00. The third kappa shape index (κ3) is 2.62. The van der Waals surface area contributed by atoms with Crippen molar-refractivity contribution in [3.63, 3.8) is 0 Å². The van der Waals surface area contributed by atoms with Crippen molar-refractivity contribution in [3.8, 4) is 0 Å². The Morgan fingerprint density at radius 3 is 2.18 bits per heavy atom. The Kier molecular flexibility index (Phi) is 2.79. The molecule has 0 saturated carbocycles. The molecule has 2 nitrogen and oxygen atoms in total. The van der Waals surface area contributed by atoms with E-state index in [-0.39, 0.29) is 0 Å². The zero-order valence-electron chi connectivity index (χ0n) is 6.04. The van der Waals surface area contributed by atoms with Crippen molar-refractivity contribution in [3.05, 3.63) is 29.8 Å². The summed E-state index contributed by atoms with van der Waals surface area (Å²) in [6, 6.07) is 7.40. The Morgan fingerprint density at radius 1 is 1.36 bits per heavy atom. The van der Waals surface area contributed by atoms with Crippen molar-refractivity contribution in [2.75, 3.05) is 0 Å². The molecule has 0 bridgehead atoms. The van der Waals surface area contributed by atoms with Crippen molar-refractivity contribution in [1.29, 1.82) is 0 Å². The van der Waals surface area contributed by atoms with Crippen LogP contribution < -0.4 is 0 Å². The van der Waals surface area contributed by atoms with Gasteiger partial charge in [0.05, 0.1) is 0 Å². The van der Waals surface area contributed by atoms with E-state index in [0.29, 0.717) is 4.90 Å². The van der Waals surface area contributed by atoms with Crippen molar-refractivity contribution in [2.24, 2.45) is 0 Å². The number of halogens is 1. The lowest BCUT2D eigenvalue weighted by molar-refractivity contribution is 0.512. The smallest absolute Gasteiger partial charge is 0.132 e. The van der Waals surface area contributed by atoms with E-state index in [0.717, 1.165) is 5.56 Å². The maximum Gasteiger partial charge on any atom is 0.132 e. The molecule has 0 spiro atoms. The highest BCUT2D eigenvalue weighted by atomic mass is 127. The van der Waals surface area contributed by atoms with E-state index in [1.165, 1.54) is 0 Å². The summed E-state index contributed by atoms with van der Waals surface area (Å²) in [6.45, 7) is 1.98. The topological polar surface area (TPSA) is 43.1 Å². The van der Waals surface area contributed by atoms with E-state index in [2.05, 4.69) is 0 Å². The predicted octanol–water partition coefficient (Wildman–Crippen LogP) is 2.62. The normalized spacial score (nSPS) is 18.9. The number of aryl methyl sites for hydroxylation is 1. The number of hydrogen-bond acceptors (Lipinski definition) is 1. The molecule has 0 saturated heterocycles. The van der Waals surface area contributed by atoms with Gasteiger partial charge in [-0.05, 0) is 26.8 Å². The van der Waals surface area contributed by atoms with Gasteiger partial charge in [0.1, 0.15) is 26.1 Å². The fourth-order valence-electron chi connectivity index (χ4n) is 0.719. The first-order valence-electron chi connectivity index (χ1n) is 3.07. The average molecular weight is 285 g/mol. The molecule has 0 heterocycles. The lowest BCUT2D eigenvalue weighted by Crippen LogP contribution is -1.87. The SMILES string of the molecule is Cc1ccc(S(O)([OH2+])I)cc1. The maximum atomic E-state index is 9.32. The highest BCUT2D eigenvalue weighted by Crippen LogP contribution is 2.55. The van der Waals surface area contributed by atoms with E-state index in [1.807, 2.05) is 19.1 Å². The van der Waals surface area contributed by atoms with Crippen LogP contribution in [0.4, 0.5) is 0 Å². The second-order valence-electron chi connectivity index (χ2n) is 2.32. The first-order valence-corrected chi connectivity index (χ1v) is 7.20. The van der Waals surface area contributed by atoms with Gasteiger partial charge < -0.3 is 4.55 Å². The fraction of sp³-hybridized carbons (Fsp3) is 0.143. The van der Waals surface area contributed by atoms with Crippen molar-refractivity contribution >= 4 is 29.0 Å². The fourth-order valence-corrected chi connectivity index (χ4v) is 2.10. The number of hydrogen-bond donors (Lipinski definition) is 1. The minimum atomic E-state index is -2.30. The Morgan fingerprint density at radius 2 is 1.82 bits per heavy atom. The molecule has 1 unspecified atom stereocenters.